The molecule has 0 aromatic heterocycles. The first-order valence-corrected chi connectivity index (χ1v) is 14.5. The number of aliphatic carboxylic acids is 1. The lowest BCUT2D eigenvalue weighted by Gasteiger charge is -2.31. The van der Waals surface area contributed by atoms with Crippen molar-refractivity contribution < 1.29 is 24.3 Å². The molecule has 2 aliphatic heterocycles. The summed E-state index contributed by atoms with van der Waals surface area (Å²) >= 11 is 0. The summed E-state index contributed by atoms with van der Waals surface area (Å²) in [5.41, 5.74) is 0. The lowest BCUT2D eigenvalue weighted by molar-refractivity contribution is -0.147. The molecule has 0 aromatic carbocycles. The van der Waals surface area contributed by atoms with Gasteiger partial charge in [0.15, 0.2) is 0 Å². The van der Waals surface area contributed by atoms with Crippen LogP contribution in [0.1, 0.15) is 122 Å². The van der Waals surface area contributed by atoms with Gasteiger partial charge in [-0.3, -0.25) is 19.2 Å². The van der Waals surface area contributed by atoms with Crippen LogP contribution >= 0.6 is 0 Å². The number of likely N-dealkylation sites (tertiary alicyclic amines) is 2. The quantitative estimate of drug-likeness (QED) is 0.263. The molecule has 2 heterocycles. The molecule has 3 amide bonds. The molecule has 8 nitrogen and oxygen atoms in total. The lowest BCUT2D eigenvalue weighted by Crippen LogP contribution is -2.53. The number of carbonyl (C=O) groups is 4. The number of nitrogens with one attached hydrogen (secondary N) is 1. The molecule has 2 saturated heterocycles. The summed E-state index contributed by atoms with van der Waals surface area (Å²) < 4.78 is 0. The second-order valence-corrected chi connectivity index (χ2v) is 10.5. The maximum absolute atomic E-state index is 13.2. The van der Waals surface area contributed by atoms with Crippen molar-refractivity contribution >= 4 is 23.7 Å². The molecule has 8 heteroatoms. The molecule has 0 bridgehead atoms. The maximum atomic E-state index is 13.2. The van der Waals surface area contributed by atoms with Gasteiger partial charge in [0.2, 0.25) is 17.7 Å². The normalized spacial score (nSPS) is 19.6. The van der Waals surface area contributed by atoms with Gasteiger partial charge >= 0.3 is 5.97 Å². The van der Waals surface area contributed by atoms with Crippen LogP contribution in [0.25, 0.3) is 0 Å². The number of hydrogen-bond acceptors (Lipinski definition) is 4. The van der Waals surface area contributed by atoms with Crippen LogP contribution in [-0.2, 0) is 19.2 Å². The lowest BCUT2D eigenvalue weighted by atomic mass is 10.0. The van der Waals surface area contributed by atoms with Gasteiger partial charge in [0, 0.05) is 19.5 Å². The molecule has 0 aromatic rings. The summed E-state index contributed by atoms with van der Waals surface area (Å²) in [7, 11) is 0. The maximum Gasteiger partial charge on any atom is 0.322 e. The molecule has 2 atom stereocenters. The van der Waals surface area contributed by atoms with Crippen LogP contribution in [0.5, 0.6) is 0 Å². The molecule has 0 aliphatic carbocycles. The summed E-state index contributed by atoms with van der Waals surface area (Å²) in [6.07, 6.45) is 19.5. The Morgan fingerprint density at radius 1 is 0.722 bits per heavy atom. The molecule has 2 N–H and O–H groups in total. The Bertz CT molecular complexity index is 699. The molecule has 0 spiro atoms. The largest absolute Gasteiger partial charge is 0.480 e. The highest BCUT2D eigenvalue weighted by molar-refractivity contribution is 5.93. The van der Waals surface area contributed by atoms with Crippen LogP contribution < -0.4 is 5.32 Å². The summed E-state index contributed by atoms with van der Waals surface area (Å²) in [6, 6.07) is -1.14. The molecular weight excluding hydrogens is 458 g/mol. The first-order valence-electron chi connectivity index (χ1n) is 14.5. The van der Waals surface area contributed by atoms with E-state index in [1.165, 1.54) is 64.2 Å². The highest BCUT2D eigenvalue weighted by Gasteiger charge is 2.41. The van der Waals surface area contributed by atoms with Gasteiger partial charge in [-0.25, -0.2) is 0 Å². The number of rotatable bonds is 18. The van der Waals surface area contributed by atoms with Crippen molar-refractivity contribution in [1.29, 1.82) is 0 Å². The topological polar surface area (TPSA) is 107 Å². The minimum absolute atomic E-state index is 0.0417. The monoisotopic (exact) mass is 507 g/mol. The third kappa shape index (κ3) is 10.5. The third-order valence-corrected chi connectivity index (χ3v) is 7.60. The average Bonchev–Trinajstić information content (AvgIpc) is 3.55. The summed E-state index contributed by atoms with van der Waals surface area (Å²) in [5, 5.41) is 11.2. The van der Waals surface area contributed by atoms with E-state index in [1.807, 2.05) is 0 Å². The molecule has 0 radical (unpaired) electrons. The zero-order valence-corrected chi connectivity index (χ0v) is 22.5. The van der Waals surface area contributed by atoms with E-state index in [0.717, 1.165) is 25.7 Å². The van der Waals surface area contributed by atoms with Crippen molar-refractivity contribution in [3.63, 3.8) is 0 Å². The number of carboxylic acid groups (broad SMARTS) is 1. The molecular formula is C28H49N3O5. The van der Waals surface area contributed by atoms with E-state index >= 15 is 0 Å². The van der Waals surface area contributed by atoms with Crippen molar-refractivity contribution in [1.82, 2.24) is 15.1 Å². The SMILES string of the molecule is CCCCCCCCCCCCCCCC(=O)N1CCC[C@H]1C(=O)N1CCC[C@H]1C(=O)NCC(=O)O. The van der Waals surface area contributed by atoms with Gasteiger partial charge in [-0.1, -0.05) is 84.0 Å². The van der Waals surface area contributed by atoms with Crippen LogP contribution in [-0.4, -0.2) is 70.3 Å². The van der Waals surface area contributed by atoms with Gasteiger partial charge in [-0.05, 0) is 32.1 Å². The average molecular weight is 508 g/mol. The predicted octanol–water partition coefficient (Wildman–Crippen LogP) is 4.65. The molecule has 36 heavy (non-hydrogen) atoms. The van der Waals surface area contributed by atoms with E-state index in [0.29, 0.717) is 38.8 Å². The Morgan fingerprint density at radius 3 is 1.78 bits per heavy atom. The Hall–Kier alpha value is -2.12. The zero-order chi connectivity index (χ0) is 26.2. The number of carbonyl (C=O) groups excluding carboxylic acids is 3. The van der Waals surface area contributed by atoms with Crippen LogP contribution in [0.2, 0.25) is 0 Å². The second-order valence-electron chi connectivity index (χ2n) is 10.5. The van der Waals surface area contributed by atoms with Crippen LogP contribution in [0.3, 0.4) is 0 Å². The number of carboxylic acids is 1. The summed E-state index contributed by atoms with van der Waals surface area (Å²) in [4.78, 5) is 52.5. The van der Waals surface area contributed by atoms with E-state index < -0.39 is 30.5 Å². The van der Waals surface area contributed by atoms with Gasteiger partial charge < -0.3 is 20.2 Å². The van der Waals surface area contributed by atoms with Crippen molar-refractivity contribution in [2.24, 2.45) is 0 Å². The minimum atomic E-state index is -1.11. The molecule has 0 saturated carbocycles. The summed E-state index contributed by atoms with van der Waals surface area (Å²) in [6.45, 7) is 2.87. The Balaban J connectivity index is 1.62. The van der Waals surface area contributed by atoms with E-state index in [-0.39, 0.29) is 11.8 Å². The van der Waals surface area contributed by atoms with Crippen molar-refractivity contribution in [2.45, 2.75) is 135 Å². The van der Waals surface area contributed by atoms with Gasteiger partial charge in [0.1, 0.15) is 18.6 Å². The van der Waals surface area contributed by atoms with Crippen molar-refractivity contribution in [2.75, 3.05) is 19.6 Å². The molecule has 2 fully saturated rings. The smallest absolute Gasteiger partial charge is 0.322 e. The van der Waals surface area contributed by atoms with E-state index in [2.05, 4.69) is 12.2 Å². The number of amides is 3. The molecule has 2 rings (SSSR count). The number of nitrogens with zero attached hydrogens (tertiary/aromatic N) is 2. The Morgan fingerprint density at radius 2 is 1.22 bits per heavy atom. The molecule has 2 aliphatic rings. The van der Waals surface area contributed by atoms with Gasteiger partial charge in [-0.2, -0.15) is 0 Å². The Labute approximate surface area is 217 Å². The van der Waals surface area contributed by atoms with Crippen molar-refractivity contribution in [3.05, 3.63) is 0 Å². The molecule has 206 valence electrons. The third-order valence-electron chi connectivity index (χ3n) is 7.60. The van der Waals surface area contributed by atoms with E-state index in [1.54, 1.807) is 9.80 Å². The Kier molecular flexibility index (Phi) is 14.5. The zero-order valence-electron chi connectivity index (χ0n) is 22.5. The van der Waals surface area contributed by atoms with Crippen LogP contribution in [0.15, 0.2) is 0 Å². The number of unbranched alkanes of at least 4 members (excludes halogenated alkanes) is 12. The molecule has 0 unspecified atom stereocenters. The van der Waals surface area contributed by atoms with Crippen LogP contribution in [0.4, 0.5) is 0 Å². The summed E-state index contributed by atoms with van der Waals surface area (Å²) in [5.74, 6) is -1.66. The fourth-order valence-electron chi connectivity index (χ4n) is 5.53. The van der Waals surface area contributed by atoms with Crippen LogP contribution in [0, 0.1) is 0 Å². The van der Waals surface area contributed by atoms with Gasteiger partial charge in [0.05, 0.1) is 0 Å². The predicted molar refractivity (Wildman–Crippen MR) is 140 cm³/mol. The fraction of sp³-hybridized carbons (Fsp3) is 0.857. The fourth-order valence-corrected chi connectivity index (χ4v) is 5.53. The first kappa shape index (κ1) is 30.1. The van der Waals surface area contributed by atoms with E-state index in [4.69, 9.17) is 5.11 Å². The van der Waals surface area contributed by atoms with Gasteiger partial charge in [0.25, 0.3) is 0 Å². The standard InChI is InChI=1S/C28H49N3O5/c1-2-3-4-5-6-7-8-9-10-11-12-13-14-19-25(32)30-20-16-18-24(30)28(36)31-21-15-17-23(31)27(35)29-22-26(33)34/h23-24H,2-22H2,1H3,(H,29,35)(H,33,34)/t23-,24-/m0/s1. The van der Waals surface area contributed by atoms with Crippen molar-refractivity contribution in [3.8, 4) is 0 Å². The number of hydrogen-bond donors (Lipinski definition) is 2. The highest BCUT2D eigenvalue weighted by Crippen LogP contribution is 2.26. The van der Waals surface area contributed by atoms with E-state index in [9.17, 15) is 19.2 Å². The second kappa shape index (κ2) is 17.4. The first-order chi connectivity index (χ1) is 17.5. The highest BCUT2D eigenvalue weighted by atomic mass is 16.4. The minimum Gasteiger partial charge on any atom is -0.480 e. The van der Waals surface area contributed by atoms with Gasteiger partial charge in [-0.15, -0.1) is 0 Å².